The van der Waals surface area contributed by atoms with Crippen LogP contribution in [0.2, 0.25) is 0 Å². The highest BCUT2D eigenvalue weighted by Crippen LogP contribution is 2.22. The summed E-state index contributed by atoms with van der Waals surface area (Å²) >= 11 is 3.09. The molecule has 1 heterocycles. The molecule has 0 atom stereocenters. The van der Waals surface area contributed by atoms with Gasteiger partial charge in [-0.3, -0.25) is 9.59 Å². The first kappa shape index (κ1) is 13.1. The first-order valence-corrected chi connectivity index (χ1v) is 6.70. The van der Waals surface area contributed by atoms with Gasteiger partial charge in [-0.1, -0.05) is 6.07 Å². The zero-order chi connectivity index (χ0) is 11.8. The minimum absolute atomic E-state index is 0.0520. The predicted molar refractivity (Wildman–Crippen MR) is 64.9 cm³/mol. The average molecular weight is 259 g/mol. The van der Waals surface area contributed by atoms with Crippen LogP contribution in [-0.2, 0) is 9.59 Å². The van der Waals surface area contributed by atoms with Crippen LogP contribution in [0.3, 0.4) is 0 Å². The molecule has 6 heteroatoms. The quantitative estimate of drug-likeness (QED) is 0.579. The van der Waals surface area contributed by atoms with Gasteiger partial charge in [0.15, 0.2) is 0 Å². The standard InChI is InChI=1S/C10H13NO3S2/c12-8(11-5-1-3-9(13)14)7-16-10-4-2-6-15-10/h2,4,6H,1,3,5,7H2,(H,11,12)(H,13,14). The van der Waals surface area contributed by atoms with Crippen molar-refractivity contribution in [3.63, 3.8) is 0 Å². The van der Waals surface area contributed by atoms with Crippen molar-refractivity contribution in [3.8, 4) is 0 Å². The molecule has 0 bridgehead atoms. The van der Waals surface area contributed by atoms with Gasteiger partial charge in [0.25, 0.3) is 0 Å². The molecule has 0 saturated heterocycles. The van der Waals surface area contributed by atoms with Gasteiger partial charge in [0.05, 0.1) is 9.96 Å². The SMILES string of the molecule is O=C(O)CCCNC(=O)CSc1cccs1. The third-order valence-electron chi connectivity index (χ3n) is 1.73. The summed E-state index contributed by atoms with van der Waals surface area (Å²) in [6, 6.07) is 3.91. The molecule has 88 valence electrons. The summed E-state index contributed by atoms with van der Waals surface area (Å²) in [7, 11) is 0. The number of thioether (sulfide) groups is 1. The second kappa shape index (κ2) is 7.29. The Bertz CT molecular complexity index is 338. The van der Waals surface area contributed by atoms with Crippen LogP contribution in [0.4, 0.5) is 0 Å². The van der Waals surface area contributed by atoms with Crippen molar-refractivity contribution in [3.05, 3.63) is 17.5 Å². The van der Waals surface area contributed by atoms with Crippen LogP contribution >= 0.6 is 23.1 Å². The molecule has 2 N–H and O–H groups in total. The lowest BCUT2D eigenvalue weighted by molar-refractivity contribution is -0.137. The highest BCUT2D eigenvalue weighted by molar-refractivity contribution is 8.01. The first-order chi connectivity index (χ1) is 7.68. The van der Waals surface area contributed by atoms with Gasteiger partial charge in [0.1, 0.15) is 0 Å². The predicted octanol–water partition coefficient (Wildman–Crippen LogP) is 1.82. The number of rotatable bonds is 7. The zero-order valence-corrected chi connectivity index (χ0v) is 10.3. The van der Waals surface area contributed by atoms with Crippen molar-refractivity contribution < 1.29 is 14.7 Å². The van der Waals surface area contributed by atoms with Gasteiger partial charge in [-0.15, -0.1) is 23.1 Å². The van der Waals surface area contributed by atoms with E-state index in [0.29, 0.717) is 18.7 Å². The van der Waals surface area contributed by atoms with Gasteiger partial charge in [-0.25, -0.2) is 0 Å². The average Bonchev–Trinajstić information content (AvgIpc) is 2.74. The number of carbonyl (C=O) groups is 2. The maximum atomic E-state index is 11.3. The fourth-order valence-electron chi connectivity index (χ4n) is 1.00. The monoisotopic (exact) mass is 259 g/mol. The van der Waals surface area contributed by atoms with E-state index in [9.17, 15) is 9.59 Å². The molecule has 1 aromatic rings. The fourth-order valence-corrected chi connectivity index (χ4v) is 2.61. The number of carboxylic acid groups (broad SMARTS) is 1. The Labute approximate surface area is 102 Å². The highest BCUT2D eigenvalue weighted by Gasteiger charge is 2.03. The van der Waals surface area contributed by atoms with Gasteiger partial charge in [0, 0.05) is 13.0 Å². The summed E-state index contributed by atoms with van der Waals surface area (Å²) in [5.74, 6) is -0.501. The molecule has 0 aliphatic heterocycles. The van der Waals surface area contributed by atoms with Crippen molar-refractivity contribution in [1.82, 2.24) is 5.32 Å². The molecule has 0 aromatic carbocycles. The Kier molecular flexibility index (Phi) is 5.95. The van der Waals surface area contributed by atoms with Crippen LogP contribution in [0.1, 0.15) is 12.8 Å². The van der Waals surface area contributed by atoms with Gasteiger partial charge in [-0.2, -0.15) is 0 Å². The lowest BCUT2D eigenvalue weighted by Gasteiger charge is -2.02. The number of hydrogen-bond donors (Lipinski definition) is 2. The van der Waals surface area contributed by atoms with Gasteiger partial charge in [-0.05, 0) is 17.9 Å². The zero-order valence-electron chi connectivity index (χ0n) is 8.64. The highest BCUT2D eigenvalue weighted by atomic mass is 32.2. The van der Waals surface area contributed by atoms with Gasteiger partial charge >= 0.3 is 5.97 Å². The topological polar surface area (TPSA) is 66.4 Å². The number of carboxylic acids is 1. The molecular weight excluding hydrogens is 246 g/mol. The van der Waals surface area contributed by atoms with Crippen molar-refractivity contribution >= 4 is 35.0 Å². The van der Waals surface area contributed by atoms with E-state index in [1.807, 2.05) is 17.5 Å². The number of nitrogens with one attached hydrogen (secondary N) is 1. The molecule has 0 fully saturated rings. The maximum Gasteiger partial charge on any atom is 0.303 e. The second-order valence-electron chi connectivity index (χ2n) is 3.07. The third kappa shape index (κ3) is 5.77. The van der Waals surface area contributed by atoms with Crippen molar-refractivity contribution in [2.45, 2.75) is 17.1 Å². The molecule has 0 unspecified atom stereocenters. The van der Waals surface area contributed by atoms with E-state index in [2.05, 4.69) is 5.32 Å². The van der Waals surface area contributed by atoms with E-state index in [1.54, 1.807) is 11.3 Å². The molecule has 1 amide bonds. The van der Waals surface area contributed by atoms with Crippen LogP contribution in [0.25, 0.3) is 0 Å². The van der Waals surface area contributed by atoms with Crippen LogP contribution in [0, 0.1) is 0 Å². The molecule has 0 aliphatic carbocycles. The minimum Gasteiger partial charge on any atom is -0.481 e. The van der Waals surface area contributed by atoms with E-state index in [0.717, 1.165) is 4.21 Å². The molecule has 4 nitrogen and oxygen atoms in total. The van der Waals surface area contributed by atoms with Crippen molar-refractivity contribution in [2.24, 2.45) is 0 Å². The van der Waals surface area contributed by atoms with Gasteiger partial charge < -0.3 is 10.4 Å². The normalized spacial score (nSPS) is 10.0. The lowest BCUT2D eigenvalue weighted by atomic mass is 10.3. The summed E-state index contributed by atoms with van der Waals surface area (Å²) in [5, 5.41) is 13.0. The molecule has 1 rings (SSSR count). The summed E-state index contributed by atoms with van der Waals surface area (Å²) in [6.45, 7) is 0.427. The second-order valence-corrected chi connectivity index (χ2v) is 5.29. The molecule has 16 heavy (non-hydrogen) atoms. The maximum absolute atomic E-state index is 11.3. The van der Waals surface area contributed by atoms with Crippen LogP contribution < -0.4 is 5.32 Å². The van der Waals surface area contributed by atoms with Crippen molar-refractivity contribution in [2.75, 3.05) is 12.3 Å². The van der Waals surface area contributed by atoms with Crippen molar-refractivity contribution in [1.29, 1.82) is 0 Å². The minimum atomic E-state index is -0.831. The van der Waals surface area contributed by atoms with E-state index >= 15 is 0 Å². The van der Waals surface area contributed by atoms with Crippen LogP contribution in [0.5, 0.6) is 0 Å². The summed E-state index contributed by atoms with van der Waals surface area (Å²) in [4.78, 5) is 21.5. The summed E-state index contributed by atoms with van der Waals surface area (Å²) in [6.07, 6.45) is 0.573. The molecular formula is C10H13NO3S2. The summed E-state index contributed by atoms with van der Waals surface area (Å²) < 4.78 is 1.11. The number of aliphatic carboxylic acids is 1. The molecule has 0 saturated carbocycles. The van der Waals surface area contributed by atoms with Crippen LogP contribution in [-0.4, -0.2) is 29.3 Å². The van der Waals surface area contributed by atoms with E-state index in [1.165, 1.54) is 11.8 Å². The molecule has 0 radical (unpaired) electrons. The Hall–Kier alpha value is -1.01. The van der Waals surface area contributed by atoms with Gasteiger partial charge in [0.2, 0.25) is 5.91 Å². The lowest BCUT2D eigenvalue weighted by Crippen LogP contribution is -2.26. The fraction of sp³-hybridized carbons (Fsp3) is 0.400. The first-order valence-electron chi connectivity index (χ1n) is 4.83. The number of carbonyl (C=O) groups excluding carboxylic acids is 1. The van der Waals surface area contributed by atoms with E-state index in [-0.39, 0.29) is 12.3 Å². The Morgan fingerprint density at radius 3 is 2.94 bits per heavy atom. The Morgan fingerprint density at radius 1 is 1.50 bits per heavy atom. The molecule has 0 spiro atoms. The number of hydrogen-bond acceptors (Lipinski definition) is 4. The summed E-state index contributed by atoms with van der Waals surface area (Å²) in [5.41, 5.74) is 0. The molecule has 0 aliphatic rings. The Balaban J connectivity index is 2.05. The largest absolute Gasteiger partial charge is 0.481 e. The van der Waals surface area contributed by atoms with Crippen LogP contribution in [0.15, 0.2) is 21.7 Å². The van der Waals surface area contributed by atoms with E-state index < -0.39 is 5.97 Å². The number of amides is 1. The smallest absolute Gasteiger partial charge is 0.303 e. The Morgan fingerprint density at radius 2 is 2.31 bits per heavy atom. The molecule has 1 aromatic heterocycles. The third-order valence-corrected chi connectivity index (χ3v) is 3.86. The van der Waals surface area contributed by atoms with E-state index in [4.69, 9.17) is 5.11 Å². The number of thiophene rings is 1.